The van der Waals surface area contributed by atoms with Crippen molar-refractivity contribution in [1.29, 1.82) is 0 Å². The molecule has 1 fully saturated rings. The number of nitrogens with one attached hydrogen (secondary N) is 1. The predicted octanol–water partition coefficient (Wildman–Crippen LogP) is 2.65. The second-order valence-electron chi connectivity index (χ2n) is 6.77. The van der Waals surface area contributed by atoms with Crippen molar-refractivity contribution in [2.24, 2.45) is 5.92 Å². The molecule has 0 saturated heterocycles. The van der Waals surface area contributed by atoms with Gasteiger partial charge in [0.1, 0.15) is 5.60 Å². The van der Waals surface area contributed by atoms with Crippen LogP contribution in [0.3, 0.4) is 0 Å². The van der Waals surface area contributed by atoms with Crippen LogP contribution >= 0.6 is 0 Å². The lowest BCUT2D eigenvalue weighted by atomic mass is 10.2. The predicted molar refractivity (Wildman–Crippen MR) is 84.5 cm³/mol. The molecule has 0 radical (unpaired) electrons. The minimum atomic E-state index is -0.432. The van der Waals surface area contributed by atoms with Gasteiger partial charge in [-0.2, -0.15) is 0 Å². The molecule has 124 valence electrons. The van der Waals surface area contributed by atoms with Gasteiger partial charge in [0, 0.05) is 26.2 Å². The molecule has 21 heavy (non-hydrogen) atoms. The number of amides is 1. The van der Waals surface area contributed by atoms with Gasteiger partial charge in [0.2, 0.25) is 0 Å². The van der Waals surface area contributed by atoms with Gasteiger partial charge < -0.3 is 19.7 Å². The van der Waals surface area contributed by atoms with Gasteiger partial charge >= 0.3 is 6.09 Å². The molecular weight excluding hydrogens is 268 g/mol. The van der Waals surface area contributed by atoms with Gasteiger partial charge in [0.15, 0.2) is 0 Å². The second-order valence-corrected chi connectivity index (χ2v) is 6.77. The average molecular weight is 300 g/mol. The molecular formula is C16H32N2O3. The molecule has 1 N–H and O–H groups in total. The van der Waals surface area contributed by atoms with Gasteiger partial charge in [0.05, 0.1) is 6.61 Å². The molecule has 0 bridgehead atoms. The zero-order chi connectivity index (χ0) is 15.9. The van der Waals surface area contributed by atoms with Gasteiger partial charge in [-0.3, -0.25) is 0 Å². The maximum absolute atomic E-state index is 12.0. The van der Waals surface area contributed by atoms with Gasteiger partial charge in [-0.15, -0.1) is 0 Å². The van der Waals surface area contributed by atoms with Gasteiger partial charge in [-0.1, -0.05) is 0 Å². The molecule has 0 aromatic carbocycles. The summed E-state index contributed by atoms with van der Waals surface area (Å²) in [6.07, 6.45) is 3.32. The maximum atomic E-state index is 12.0. The van der Waals surface area contributed by atoms with Crippen LogP contribution < -0.4 is 5.32 Å². The van der Waals surface area contributed by atoms with E-state index in [4.69, 9.17) is 9.47 Å². The van der Waals surface area contributed by atoms with Crippen molar-refractivity contribution in [3.05, 3.63) is 0 Å². The van der Waals surface area contributed by atoms with Gasteiger partial charge in [0.25, 0.3) is 0 Å². The number of rotatable bonds is 9. The van der Waals surface area contributed by atoms with E-state index >= 15 is 0 Å². The van der Waals surface area contributed by atoms with E-state index in [-0.39, 0.29) is 6.09 Å². The van der Waals surface area contributed by atoms with Crippen LogP contribution in [0.15, 0.2) is 0 Å². The standard InChI is InChI=1S/C16H32N2O3/c1-6-18(15(19)21-16(2,3)4)11-7-10-17-14(12-20-5)13-8-9-13/h13-14,17H,6-12H2,1-5H3. The highest BCUT2D eigenvalue weighted by Gasteiger charge is 2.30. The lowest BCUT2D eigenvalue weighted by Crippen LogP contribution is -2.40. The van der Waals surface area contributed by atoms with Crippen molar-refractivity contribution >= 4 is 6.09 Å². The van der Waals surface area contributed by atoms with Crippen LogP contribution in [0.4, 0.5) is 4.79 Å². The summed E-state index contributed by atoms with van der Waals surface area (Å²) in [5.41, 5.74) is -0.432. The Morgan fingerprint density at radius 3 is 2.52 bits per heavy atom. The van der Waals surface area contributed by atoms with E-state index in [1.807, 2.05) is 27.7 Å². The van der Waals surface area contributed by atoms with Crippen LogP contribution in [0.5, 0.6) is 0 Å². The lowest BCUT2D eigenvalue weighted by Gasteiger charge is -2.27. The Bertz CT molecular complexity index is 311. The molecule has 0 aromatic heterocycles. The summed E-state index contributed by atoms with van der Waals surface area (Å²) in [6.45, 7) is 10.7. The number of ether oxygens (including phenoxy) is 2. The van der Waals surface area contributed by atoms with Crippen LogP contribution in [-0.2, 0) is 9.47 Å². The zero-order valence-corrected chi connectivity index (χ0v) is 14.3. The summed E-state index contributed by atoms with van der Waals surface area (Å²) in [5, 5.41) is 3.55. The first-order valence-electron chi connectivity index (χ1n) is 8.07. The molecule has 0 aliphatic heterocycles. The third-order valence-electron chi connectivity index (χ3n) is 3.58. The van der Waals surface area contributed by atoms with Crippen molar-refractivity contribution in [2.45, 2.75) is 58.6 Å². The van der Waals surface area contributed by atoms with Crippen molar-refractivity contribution in [3.8, 4) is 0 Å². The Kier molecular flexibility index (Phi) is 7.46. The Morgan fingerprint density at radius 2 is 2.05 bits per heavy atom. The fourth-order valence-electron chi connectivity index (χ4n) is 2.30. The number of nitrogens with zero attached hydrogens (tertiary/aromatic N) is 1. The van der Waals surface area contributed by atoms with E-state index in [1.165, 1.54) is 12.8 Å². The molecule has 1 atom stereocenters. The largest absolute Gasteiger partial charge is 0.444 e. The smallest absolute Gasteiger partial charge is 0.410 e. The van der Waals surface area contributed by atoms with E-state index in [0.29, 0.717) is 12.6 Å². The molecule has 5 heteroatoms. The van der Waals surface area contributed by atoms with E-state index in [0.717, 1.165) is 32.0 Å². The van der Waals surface area contributed by atoms with Crippen molar-refractivity contribution in [1.82, 2.24) is 10.2 Å². The zero-order valence-electron chi connectivity index (χ0n) is 14.3. The van der Waals surface area contributed by atoms with E-state index in [2.05, 4.69) is 5.32 Å². The van der Waals surface area contributed by atoms with E-state index in [9.17, 15) is 4.79 Å². The number of hydrogen-bond donors (Lipinski definition) is 1. The molecule has 0 heterocycles. The summed E-state index contributed by atoms with van der Waals surface area (Å²) in [6, 6.07) is 0.464. The SMILES string of the molecule is CCN(CCCNC(COC)C1CC1)C(=O)OC(C)(C)C. The van der Waals surface area contributed by atoms with Gasteiger partial charge in [-0.25, -0.2) is 4.79 Å². The Labute approximate surface area is 129 Å². The molecule has 1 aliphatic rings. The highest BCUT2D eigenvalue weighted by molar-refractivity contribution is 5.68. The fourth-order valence-corrected chi connectivity index (χ4v) is 2.30. The molecule has 1 amide bonds. The van der Waals surface area contributed by atoms with E-state index < -0.39 is 5.60 Å². The summed E-state index contributed by atoms with van der Waals surface area (Å²) in [5.74, 6) is 0.776. The lowest BCUT2D eigenvalue weighted by molar-refractivity contribution is 0.0257. The third-order valence-corrected chi connectivity index (χ3v) is 3.58. The van der Waals surface area contributed by atoms with Crippen LogP contribution in [-0.4, -0.2) is 56.0 Å². The minimum Gasteiger partial charge on any atom is -0.444 e. The van der Waals surface area contributed by atoms with Crippen molar-refractivity contribution < 1.29 is 14.3 Å². The topological polar surface area (TPSA) is 50.8 Å². The number of methoxy groups -OCH3 is 1. The second kappa shape index (κ2) is 8.59. The van der Waals surface area contributed by atoms with Crippen molar-refractivity contribution in [2.75, 3.05) is 33.4 Å². The molecule has 1 saturated carbocycles. The maximum Gasteiger partial charge on any atom is 0.410 e. The molecule has 0 aromatic rings. The Hall–Kier alpha value is -0.810. The summed E-state index contributed by atoms with van der Waals surface area (Å²) < 4.78 is 10.7. The van der Waals surface area contributed by atoms with Crippen LogP contribution in [0.2, 0.25) is 0 Å². The monoisotopic (exact) mass is 300 g/mol. The first kappa shape index (κ1) is 18.2. The average Bonchev–Trinajstić information content (AvgIpc) is 3.19. The number of hydrogen-bond acceptors (Lipinski definition) is 4. The molecule has 5 nitrogen and oxygen atoms in total. The highest BCUT2D eigenvalue weighted by Crippen LogP contribution is 2.32. The van der Waals surface area contributed by atoms with Crippen molar-refractivity contribution in [3.63, 3.8) is 0 Å². The molecule has 1 aliphatic carbocycles. The molecule has 1 rings (SSSR count). The molecule has 0 spiro atoms. The minimum absolute atomic E-state index is 0.222. The Balaban J connectivity index is 2.23. The first-order valence-corrected chi connectivity index (χ1v) is 8.07. The normalized spacial score (nSPS) is 16.6. The van der Waals surface area contributed by atoms with Crippen LogP contribution in [0, 0.1) is 5.92 Å². The molecule has 1 unspecified atom stereocenters. The first-order chi connectivity index (χ1) is 9.87. The summed E-state index contributed by atoms with van der Waals surface area (Å²) >= 11 is 0. The third kappa shape index (κ3) is 7.67. The van der Waals surface area contributed by atoms with Crippen LogP contribution in [0.1, 0.15) is 47.0 Å². The fraction of sp³-hybridized carbons (Fsp3) is 0.938. The number of carbonyl (C=O) groups excluding carboxylic acids is 1. The highest BCUT2D eigenvalue weighted by atomic mass is 16.6. The quantitative estimate of drug-likeness (QED) is 0.665. The summed E-state index contributed by atoms with van der Waals surface area (Å²) in [4.78, 5) is 13.8. The summed E-state index contributed by atoms with van der Waals surface area (Å²) in [7, 11) is 1.75. The number of carbonyl (C=O) groups is 1. The van der Waals surface area contributed by atoms with Gasteiger partial charge in [-0.05, 0) is 59.4 Å². The Morgan fingerprint density at radius 1 is 1.38 bits per heavy atom. The van der Waals surface area contributed by atoms with E-state index in [1.54, 1.807) is 12.0 Å². The van der Waals surface area contributed by atoms with Crippen LogP contribution in [0.25, 0.3) is 0 Å².